The van der Waals surface area contributed by atoms with Gasteiger partial charge in [-0.15, -0.1) is 0 Å². The van der Waals surface area contributed by atoms with Gasteiger partial charge in [-0.05, 0) is 58.1 Å². The maximum absolute atomic E-state index is 10.1. The topological polar surface area (TPSA) is 66.8 Å². The smallest absolute Gasteiger partial charge is 0.503 e. The summed E-state index contributed by atoms with van der Waals surface area (Å²) >= 11 is 0. The molecule has 0 radical (unpaired) electrons. The molecule has 0 aliphatic carbocycles. The molecule has 1 aromatic rings. The van der Waals surface area contributed by atoms with Crippen molar-refractivity contribution in [1.29, 1.82) is 5.39 Å². The monoisotopic (exact) mass is 319 g/mol. The first-order valence-electron chi connectivity index (χ1n) is 6.97. The zero-order valence-corrected chi connectivity index (χ0v) is 15.0. The molecule has 0 spiro atoms. The highest BCUT2D eigenvalue weighted by molar-refractivity contribution is 6.70. The Hall–Kier alpha value is -2.26. The number of hydrogen-bond acceptors (Lipinski definition) is 4. The first-order chi connectivity index (χ1) is 10.0. The molecule has 6 heteroatoms. The molecule has 1 N–H and O–H groups in total. The number of rotatable bonds is 5. The molecule has 0 heterocycles. The van der Waals surface area contributed by atoms with Crippen molar-refractivity contribution in [1.82, 2.24) is 0 Å². The third kappa shape index (κ3) is 4.64. The summed E-state index contributed by atoms with van der Waals surface area (Å²) in [5, 5.41) is 19.3. The second-order valence-electron chi connectivity index (χ2n) is 6.22. The first-order valence-corrected chi connectivity index (χ1v) is 10.4. The van der Waals surface area contributed by atoms with Crippen LogP contribution in [0.1, 0.15) is 16.7 Å². The van der Waals surface area contributed by atoms with Gasteiger partial charge in [-0.25, -0.2) is 0 Å². The molecule has 0 saturated carbocycles. The zero-order valence-electron chi connectivity index (χ0n) is 14.0. The molecule has 0 saturated heterocycles. The molecule has 1 rings (SSSR count). The van der Waals surface area contributed by atoms with Gasteiger partial charge >= 0.3 is 11.6 Å². The van der Waals surface area contributed by atoms with Crippen LogP contribution >= 0.6 is 0 Å². The molecule has 5 nitrogen and oxygen atoms in total. The molecule has 1 aromatic carbocycles. The minimum Gasteiger partial charge on any atom is -0.539 e. The fourth-order valence-electron chi connectivity index (χ4n) is 2.11. The number of nitrogens with zero attached hydrogens (tertiary/aromatic N) is 2. The van der Waals surface area contributed by atoms with Crippen LogP contribution in [-0.4, -0.2) is 13.4 Å². The van der Waals surface area contributed by atoms with Crippen LogP contribution in [0.3, 0.4) is 0 Å². The standard InChI is InChI=1S/C16H22N2O3Si/c1-10-8-11(2)15(12(3)9-10)20-16(19)14(18-17)13(4)21-22(5,6)7/h8-9H,4H2,1-3,5-7H3/p+1/b16-14-. The van der Waals surface area contributed by atoms with Gasteiger partial charge in [-0.2, -0.15) is 0 Å². The van der Waals surface area contributed by atoms with E-state index in [0.29, 0.717) is 5.75 Å². The van der Waals surface area contributed by atoms with E-state index in [-0.39, 0.29) is 11.5 Å². The lowest BCUT2D eigenvalue weighted by Gasteiger charge is -2.17. The van der Waals surface area contributed by atoms with Crippen LogP contribution in [0.2, 0.25) is 19.6 Å². The Labute approximate surface area is 132 Å². The Kier molecular flexibility index (Phi) is 5.39. The molecule has 118 valence electrons. The Morgan fingerprint density at radius 2 is 1.68 bits per heavy atom. The Bertz CT molecular complexity index is 644. The normalized spacial score (nSPS) is 12.2. The first kappa shape index (κ1) is 17.8. The van der Waals surface area contributed by atoms with E-state index >= 15 is 0 Å². The highest BCUT2D eigenvalue weighted by Gasteiger charge is 2.31. The van der Waals surface area contributed by atoms with Crippen LogP contribution in [-0.2, 0) is 4.43 Å². The predicted octanol–water partition coefficient (Wildman–Crippen LogP) is 4.94. The summed E-state index contributed by atoms with van der Waals surface area (Å²) in [5.74, 6) is 0.0624. The maximum atomic E-state index is 10.1. The second kappa shape index (κ2) is 6.67. The quantitative estimate of drug-likeness (QED) is 0.361. The van der Waals surface area contributed by atoms with Crippen molar-refractivity contribution in [3.63, 3.8) is 0 Å². The summed E-state index contributed by atoms with van der Waals surface area (Å²) in [7, 11) is -1.94. The van der Waals surface area contributed by atoms with Crippen LogP contribution in [0, 0.1) is 26.2 Å². The van der Waals surface area contributed by atoms with E-state index in [1.807, 2.05) is 52.5 Å². The van der Waals surface area contributed by atoms with Gasteiger partial charge in [0, 0.05) is 0 Å². The fraction of sp³-hybridized carbons (Fsp3) is 0.375. The molecular weight excluding hydrogens is 296 g/mol. The minimum atomic E-state index is -1.94. The summed E-state index contributed by atoms with van der Waals surface area (Å²) in [5.41, 5.74) is 2.64. The second-order valence-corrected chi connectivity index (χ2v) is 10.7. The van der Waals surface area contributed by atoms with Crippen molar-refractivity contribution in [2.75, 3.05) is 0 Å². The molecule has 0 atom stereocenters. The van der Waals surface area contributed by atoms with Crippen molar-refractivity contribution in [2.24, 2.45) is 0 Å². The van der Waals surface area contributed by atoms with Crippen molar-refractivity contribution in [3.05, 3.63) is 57.8 Å². The summed E-state index contributed by atoms with van der Waals surface area (Å²) < 4.78 is 11.1. The van der Waals surface area contributed by atoms with E-state index in [2.05, 4.69) is 11.6 Å². The van der Waals surface area contributed by atoms with E-state index in [0.717, 1.165) is 16.7 Å². The molecular formula is C16H23N2O3Si+. The highest BCUT2D eigenvalue weighted by Crippen LogP contribution is 2.28. The fourth-order valence-corrected chi connectivity index (χ4v) is 2.94. The molecule has 0 aliphatic rings. The number of aliphatic hydroxyl groups is 1. The zero-order chi connectivity index (χ0) is 17.1. The number of benzene rings is 1. The Morgan fingerprint density at radius 1 is 1.18 bits per heavy atom. The highest BCUT2D eigenvalue weighted by atomic mass is 28.4. The average molecular weight is 319 g/mol. The number of aliphatic hydroxyl groups excluding tert-OH is 1. The van der Waals surface area contributed by atoms with E-state index in [1.165, 1.54) is 0 Å². The maximum Gasteiger partial charge on any atom is 0.503 e. The number of diazo groups is 1. The number of hydrogen-bond donors (Lipinski definition) is 1. The Balaban J connectivity index is 3.15. The van der Waals surface area contributed by atoms with E-state index in [1.54, 1.807) is 0 Å². The lowest BCUT2D eigenvalue weighted by atomic mass is 10.1. The summed E-state index contributed by atoms with van der Waals surface area (Å²) in [6, 6.07) is 3.89. The summed E-state index contributed by atoms with van der Waals surface area (Å²) in [6.45, 7) is 15.3. The van der Waals surface area contributed by atoms with E-state index in [4.69, 9.17) is 14.6 Å². The molecule has 0 fully saturated rings. The molecule has 0 unspecified atom stereocenters. The van der Waals surface area contributed by atoms with Gasteiger partial charge < -0.3 is 14.3 Å². The molecule has 0 aromatic heterocycles. The van der Waals surface area contributed by atoms with Crippen molar-refractivity contribution in [3.8, 4) is 5.75 Å². The molecule has 0 bridgehead atoms. The van der Waals surface area contributed by atoms with Gasteiger partial charge in [0.25, 0.3) is 0 Å². The van der Waals surface area contributed by atoms with Crippen molar-refractivity contribution < 1.29 is 14.3 Å². The third-order valence-corrected chi connectivity index (χ3v) is 3.66. The van der Waals surface area contributed by atoms with Crippen LogP contribution in [0.4, 0.5) is 0 Å². The van der Waals surface area contributed by atoms with Crippen LogP contribution in [0.25, 0.3) is 4.98 Å². The number of ether oxygens (including phenoxy) is 1. The van der Waals surface area contributed by atoms with Crippen LogP contribution < -0.4 is 4.74 Å². The molecule has 0 amide bonds. The van der Waals surface area contributed by atoms with Crippen LogP contribution in [0.15, 0.2) is 36.1 Å². The summed E-state index contributed by atoms with van der Waals surface area (Å²) in [4.78, 5) is 3.05. The van der Waals surface area contributed by atoms with Gasteiger partial charge in [0.2, 0.25) is 19.5 Å². The molecule has 22 heavy (non-hydrogen) atoms. The van der Waals surface area contributed by atoms with Crippen molar-refractivity contribution in [2.45, 2.75) is 40.4 Å². The van der Waals surface area contributed by atoms with Gasteiger partial charge in [-0.1, -0.05) is 17.7 Å². The lowest BCUT2D eigenvalue weighted by Crippen LogP contribution is -2.25. The van der Waals surface area contributed by atoms with Gasteiger partial charge in [0.1, 0.15) is 5.75 Å². The van der Waals surface area contributed by atoms with Crippen LogP contribution in [0.5, 0.6) is 5.75 Å². The van der Waals surface area contributed by atoms with Crippen molar-refractivity contribution >= 4 is 8.32 Å². The van der Waals surface area contributed by atoms with Gasteiger partial charge in [0.15, 0.2) is 4.98 Å². The van der Waals surface area contributed by atoms with Gasteiger partial charge in [-0.3, -0.25) is 0 Å². The number of aryl methyl sites for hydroxylation is 3. The third-order valence-electron chi connectivity index (χ3n) is 2.80. The van der Waals surface area contributed by atoms with E-state index in [9.17, 15) is 5.11 Å². The minimum absolute atomic E-state index is 0.0848. The average Bonchev–Trinajstić information content (AvgIpc) is 2.32. The summed E-state index contributed by atoms with van der Waals surface area (Å²) in [6.07, 6.45) is 0. The van der Waals surface area contributed by atoms with Gasteiger partial charge in [0.05, 0.1) is 0 Å². The lowest BCUT2D eigenvalue weighted by molar-refractivity contribution is 0.200. The Morgan fingerprint density at radius 3 is 2.09 bits per heavy atom. The van der Waals surface area contributed by atoms with E-state index < -0.39 is 14.3 Å². The predicted molar refractivity (Wildman–Crippen MR) is 89.6 cm³/mol. The molecule has 0 aliphatic heterocycles. The SMILES string of the molecule is C=C(O[Si](C)(C)C)/C([N+]#N)=C(\O)Oc1c(C)cc(C)cc1C. The largest absolute Gasteiger partial charge is 0.539 e.